The van der Waals surface area contributed by atoms with E-state index in [1.807, 2.05) is 11.5 Å². The van der Waals surface area contributed by atoms with Crippen molar-refractivity contribution in [2.45, 2.75) is 129 Å². The summed E-state index contributed by atoms with van der Waals surface area (Å²) in [6.45, 7) is 5.14. The van der Waals surface area contributed by atoms with E-state index in [1.165, 1.54) is 51.4 Å². The van der Waals surface area contributed by atoms with Gasteiger partial charge in [-0.1, -0.05) is 90.9 Å². The SMILES string of the molecule is CCCCCCCCCC(=O)OCCN(CCOC(=O)CCCCCCCCC)C(=O)C([NH3+])CC1=C[NH2+]C=N1. The molecule has 1 unspecified atom stereocenters. The number of ether oxygens (including phenoxy) is 2. The maximum Gasteiger partial charge on any atom is 0.305 e. The Labute approximate surface area is 236 Å². The number of unbranched alkanes of at least 4 members (excludes halogenated alkanes) is 12. The van der Waals surface area contributed by atoms with Crippen LogP contribution in [0.25, 0.3) is 0 Å². The van der Waals surface area contributed by atoms with Gasteiger partial charge in [-0.15, -0.1) is 0 Å². The van der Waals surface area contributed by atoms with Crippen molar-refractivity contribution in [2.75, 3.05) is 26.3 Å². The largest absolute Gasteiger partial charge is 0.464 e. The maximum absolute atomic E-state index is 13.1. The summed E-state index contributed by atoms with van der Waals surface area (Å²) in [5, 5.41) is 1.83. The molecule has 1 heterocycles. The summed E-state index contributed by atoms with van der Waals surface area (Å²) >= 11 is 0. The molecule has 1 amide bonds. The first-order chi connectivity index (χ1) is 19.0. The molecular formula is C30H56N4O5+2. The third kappa shape index (κ3) is 18.6. The molecule has 9 heteroatoms. The van der Waals surface area contributed by atoms with Gasteiger partial charge in [0.05, 0.1) is 19.5 Å². The molecule has 0 saturated heterocycles. The Hall–Kier alpha value is -2.26. The fraction of sp³-hybridized carbons (Fsp3) is 0.800. The van der Waals surface area contributed by atoms with Crippen LogP contribution in [0.5, 0.6) is 0 Å². The van der Waals surface area contributed by atoms with Gasteiger partial charge in [0.1, 0.15) is 25.1 Å². The van der Waals surface area contributed by atoms with Crippen molar-refractivity contribution in [3.05, 3.63) is 11.9 Å². The zero-order valence-electron chi connectivity index (χ0n) is 24.8. The summed E-state index contributed by atoms with van der Waals surface area (Å²) in [5.74, 6) is -0.627. The number of aliphatic imine (C=N–C) groups is 1. The molecule has 0 aromatic rings. The van der Waals surface area contributed by atoms with E-state index in [0.29, 0.717) is 19.3 Å². The molecule has 0 fully saturated rings. The molecule has 9 nitrogen and oxygen atoms in total. The smallest absolute Gasteiger partial charge is 0.305 e. The molecule has 0 aromatic heterocycles. The van der Waals surface area contributed by atoms with Crippen LogP contribution in [0.4, 0.5) is 0 Å². The van der Waals surface area contributed by atoms with Gasteiger partial charge in [0.2, 0.25) is 0 Å². The molecule has 0 bridgehead atoms. The van der Waals surface area contributed by atoms with Crippen LogP contribution in [-0.2, 0) is 23.9 Å². The maximum atomic E-state index is 13.1. The van der Waals surface area contributed by atoms with Crippen LogP contribution in [0.3, 0.4) is 0 Å². The van der Waals surface area contributed by atoms with Gasteiger partial charge < -0.3 is 20.1 Å². The second kappa shape index (κ2) is 23.6. The minimum absolute atomic E-state index is 0.119. The van der Waals surface area contributed by atoms with Gasteiger partial charge in [-0.3, -0.25) is 19.7 Å². The van der Waals surface area contributed by atoms with E-state index < -0.39 is 6.04 Å². The highest BCUT2D eigenvalue weighted by Gasteiger charge is 2.26. The van der Waals surface area contributed by atoms with Gasteiger partial charge in [0, 0.05) is 12.8 Å². The molecule has 1 atom stereocenters. The molecule has 1 rings (SSSR count). The average molecular weight is 553 g/mol. The van der Waals surface area contributed by atoms with Crippen LogP contribution in [-0.4, -0.2) is 61.4 Å². The monoisotopic (exact) mass is 552 g/mol. The number of esters is 2. The third-order valence-corrected chi connectivity index (χ3v) is 6.95. The van der Waals surface area contributed by atoms with Gasteiger partial charge in [0.15, 0.2) is 12.4 Å². The zero-order valence-corrected chi connectivity index (χ0v) is 24.8. The Morgan fingerprint density at radius 3 is 1.69 bits per heavy atom. The summed E-state index contributed by atoms with van der Waals surface area (Å²) in [4.78, 5) is 43.3. The minimum Gasteiger partial charge on any atom is -0.464 e. The normalized spacial score (nSPS) is 13.3. The topological polar surface area (TPSA) is 130 Å². The van der Waals surface area contributed by atoms with Crippen LogP contribution in [0, 0.1) is 0 Å². The first-order valence-electron chi connectivity index (χ1n) is 15.5. The van der Waals surface area contributed by atoms with Crippen molar-refractivity contribution < 1.29 is 34.9 Å². The number of carbonyl (C=O) groups excluding carboxylic acids is 3. The number of nitrogens with zero attached hydrogens (tertiary/aromatic N) is 2. The Bertz CT molecular complexity index is 705. The predicted molar refractivity (Wildman–Crippen MR) is 154 cm³/mol. The first-order valence-corrected chi connectivity index (χ1v) is 15.5. The molecule has 0 aliphatic carbocycles. The molecule has 0 radical (unpaired) electrons. The first kappa shape index (κ1) is 34.8. The van der Waals surface area contributed by atoms with Crippen LogP contribution in [0.15, 0.2) is 16.9 Å². The average Bonchev–Trinajstić information content (AvgIpc) is 3.43. The molecule has 0 spiro atoms. The lowest BCUT2D eigenvalue weighted by Gasteiger charge is -2.24. The van der Waals surface area contributed by atoms with E-state index in [1.54, 1.807) is 11.2 Å². The number of hydrogen-bond donors (Lipinski definition) is 2. The number of rotatable bonds is 25. The number of carbonyl (C=O) groups is 3. The van der Waals surface area contributed by atoms with E-state index in [4.69, 9.17) is 9.47 Å². The molecule has 39 heavy (non-hydrogen) atoms. The summed E-state index contributed by atoms with van der Waals surface area (Å²) in [7, 11) is 0. The van der Waals surface area contributed by atoms with Crippen LogP contribution in [0.1, 0.15) is 123 Å². The Morgan fingerprint density at radius 2 is 1.26 bits per heavy atom. The standard InChI is InChI=1S/C30H54N4O5/c1-3-5-7-9-11-13-15-17-28(35)38-21-19-34(30(37)27(31)23-26-24-32-25-33-26)20-22-39-29(36)18-16-14-12-10-8-6-4-2/h24-25,27H,3-23,31H2,1-2H3,(H,32,33)/p+2. The number of amides is 1. The third-order valence-electron chi connectivity index (χ3n) is 6.95. The lowest BCUT2D eigenvalue weighted by atomic mass is 10.1. The van der Waals surface area contributed by atoms with E-state index in [0.717, 1.165) is 44.2 Å². The van der Waals surface area contributed by atoms with Gasteiger partial charge >= 0.3 is 11.9 Å². The molecule has 1 aliphatic rings. The molecule has 224 valence electrons. The van der Waals surface area contributed by atoms with Crippen molar-refractivity contribution >= 4 is 24.2 Å². The minimum atomic E-state index is -0.522. The van der Waals surface area contributed by atoms with Crippen molar-refractivity contribution in [1.29, 1.82) is 0 Å². The van der Waals surface area contributed by atoms with Gasteiger partial charge in [0.25, 0.3) is 5.91 Å². The quantitative estimate of drug-likeness (QED) is 0.132. The Morgan fingerprint density at radius 1 is 0.795 bits per heavy atom. The molecule has 0 aromatic carbocycles. The molecule has 1 aliphatic heterocycles. The molecule has 0 saturated carbocycles. The van der Waals surface area contributed by atoms with E-state index in [9.17, 15) is 14.4 Å². The Balaban J connectivity index is 2.38. The Kier molecular flexibility index (Phi) is 21.0. The van der Waals surface area contributed by atoms with Crippen molar-refractivity contribution in [3.63, 3.8) is 0 Å². The number of hydrogen-bond acceptors (Lipinski definition) is 6. The summed E-state index contributed by atoms with van der Waals surface area (Å²) in [6, 6.07) is -0.522. The van der Waals surface area contributed by atoms with Gasteiger partial charge in [-0.25, -0.2) is 4.99 Å². The highest BCUT2D eigenvalue weighted by atomic mass is 16.5. The molecule has 5 N–H and O–H groups in total. The summed E-state index contributed by atoms with van der Waals surface area (Å²) < 4.78 is 10.8. The van der Waals surface area contributed by atoms with Gasteiger partial charge in [-0.2, -0.15) is 0 Å². The highest BCUT2D eigenvalue weighted by molar-refractivity contribution is 5.81. The van der Waals surface area contributed by atoms with Crippen LogP contribution < -0.4 is 11.1 Å². The van der Waals surface area contributed by atoms with Crippen molar-refractivity contribution in [1.82, 2.24) is 4.90 Å². The molecular weight excluding hydrogens is 496 g/mol. The van der Waals surface area contributed by atoms with Crippen LogP contribution >= 0.6 is 0 Å². The van der Waals surface area contributed by atoms with Crippen molar-refractivity contribution in [2.24, 2.45) is 4.99 Å². The fourth-order valence-electron chi connectivity index (χ4n) is 4.52. The predicted octanol–water partition coefficient (Wildman–Crippen LogP) is 3.63. The zero-order chi connectivity index (χ0) is 28.6. The van der Waals surface area contributed by atoms with E-state index >= 15 is 0 Å². The highest BCUT2D eigenvalue weighted by Crippen LogP contribution is 2.11. The van der Waals surface area contributed by atoms with Crippen LogP contribution in [0.2, 0.25) is 0 Å². The summed E-state index contributed by atoms with van der Waals surface area (Å²) in [5.41, 5.74) is 4.84. The van der Waals surface area contributed by atoms with Crippen molar-refractivity contribution in [3.8, 4) is 0 Å². The fourth-order valence-corrected chi connectivity index (χ4v) is 4.52. The van der Waals surface area contributed by atoms with E-state index in [-0.39, 0.29) is 44.1 Å². The second-order valence-electron chi connectivity index (χ2n) is 10.5. The lowest BCUT2D eigenvalue weighted by molar-refractivity contribution is -0.448. The second-order valence-corrected chi connectivity index (χ2v) is 10.5. The summed E-state index contributed by atoms with van der Waals surface area (Å²) in [6.07, 6.45) is 20.8. The van der Waals surface area contributed by atoms with E-state index in [2.05, 4.69) is 24.6 Å². The lowest BCUT2D eigenvalue weighted by Crippen LogP contribution is -2.74. The number of quaternary nitrogens is 2. The number of nitrogens with two attached hydrogens (primary N) is 1. The van der Waals surface area contributed by atoms with Gasteiger partial charge in [-0.05, 0) is 12.8 Å².